The van der Waals surface area contributed by atoms with E-state index >= 15 is 0 Å². The van der Waals surface area contributed by atoms with Crippen LogP contribution in [0, 0.1) is 11.8 Å². The number of aromatic nitrogens is 5. The zero-order valence-electron chi connectivity index (χ0n) is 19.5. The summed E-state index contributed by atoms with van der Waals surface area (Å²) in [5.74, 6) is 5.98. The number of aryl methyl sites for hydroxylation is 2. The fourth-order valence-corrected chi connectivity index (χ4v) is 3.71. The number of carbonyl (C=O) groups is 1. The third-order valence-corrected chi connectivity index (χ3v) is 5.28. The SMILES string of the molecule is CCc1cc2cccc(C#Cc3cnn(C)c3)c2n1-c1ccccc1.NC(=O)c1nccnc1N. The van der Waals surface area contributed by atoms with Gasteiger partial charge in [0.2, 0.25) is 0 Å². The Morgan fingerprint density at radius 2 is 1.80 bits per heavy atom. The molecule has 174 valence electrons. The van der Waals surface area contributed by atoms with Gasteiger partial charge in [-0.15, -0.1) is 0 Å². The molecule has 0 aliphatic carbocycles. The van der Waals surface area contributed by atoms with Gasteiger partial charge in [0, 0.05) is 48.0 Å². The standard InChI is InChI=1S/C22H19N3.C5H6N4O/c1-3-20-14-19-9-7-8-18(13-12-17-15-23-24(2)16-17)22(19)25(20)21-10-5-4-6-11-21;6-4-3(5(7)10)8-1-2-9-4/h4-11,14-16H,3H2,1-2H3;1-2H,(H2,6,9)(H2,7,10). The first-order valence-electron chi connectivity index (χ1n) is 11.0. The lowest BCUT2D eigenvalue weighted by Crippen LogP contribution is -2.16. The van der Waals surface area contributed by atoms with E-state index in [0.717, 1.165) is 17.5 Å². The van der Waals surface area contributed by atoms with Crippen molar-refractivity contribution in [3.63, 3.8) is 0 Å². The van der Waals surface area contributed by atoms with Crippen LogP contribution < -0.4 is 11.5 Å². The van der Waals surface area contributed by atoms with Gasteiger partial charge >= 0.3 is 0 Å². The van der Waals surface area contributed by atoms with E-state index in [-0.39, 0.29) is 11.5 Å². The smallest absolute Gasteiger partial charge is 0.271 e. The lowest BCUT2D eigenvalue weighted by molar-refractivity contribution is 0.0996. The van der Waals surface area contributed by atoms with Crippen LogP contribution >= 0.6 is 0 Å². The number of hydrogen-bond acceptors (Lipinski definition) is 5. The van der Waals surface area contributed by atoms with Crippen LogP contribution in [0.4, 0.5) is 5.82 Å². The molecule has 3 heterocycles. The van der Waals surface area contributed by atoms with Gasteiger partial charge in [-0.05, 0) is 30.7 Å². The van der Waals surface area contributed by atoms with Crippen LogP contribution in [0.5, 0.6) is 0 Å². The van der Waals surface area contributed by atoms with Gasteiger partial charge in [0.25, 0.3) is 5.91 Å². The number of para-hydroxylation sites is 2. The number of hydrogen-bond donors (Lipinski definition) is 2. The maximum Gasteiger partial charge on any atom is 0.271 e. The number of benzene rings is 2. The second-order valence-electron chi connectivity index (χ2n) is 7.71. The summed E-state index contributed by atoms with van der Waals surface area (Å²) >= 11 is 0. The number of primary amides is 1. The van der Waals surface area contributed by atoms with Crippen LogP contribution in [0.15, 0.2) is 79.4 Å². The van der Waals surface area contributed by atoms with E-state index in [2.05, 4.69) is 86.9 Å². The lowest BCUT2D eigenvalue weighted by Gasteiger charge is -2.10. The minimum absolute atomic E-state index is 0.0162. The molecule has 0 bridgehead atoms. The average molecular weight is 464 g/mol. The molecule has 0 unspecified atom stereocenters. The van der Waals surface area contributed by atoms with Crippen LogP contribution in [0.2, 0.25) is 0 Å². The average Bonchev–Trinajstić information content (AvgIpc) is 3.47. The number of nitrogens with two attached hydrogens (primary N) is 2. The van der Waals surface area contributed by atoms with E-state index in [4.69, 9.17) is 11.5 Å². The van der Waals surface area contributed by atoms with Crippen LogP contribution in [-0.2, 0) is 13.5 Å². The minimum Gasteiger partial charge on any atom is -0.382 e. The Kier molecular flexibility index (Phi) is 6.88. The van der Waals surface area contributed by atoms with Crippen molar-refractivity contribution in [2.45, 2.75) is 13.3 Å². The van der Waals surface area contributed by atoms with Crippen LogP contribution in [0.3, 0.4) is 0 Å². The molecule has 4 N–H and O–H groups in total. The van der Waals surface area contributed by atoms with Crippen LogP contribution in [0.25, 0.3) is 16.6 Å². The molecule has 3 aromatic heterocycles. The van der Waals surface area contributed by atoms with Gasteiger partial charge in [0.1, 0.15) is 0 Å². The lowest BCUT2D eigenvalue weighted by atomic mass is 10.1. The summed E-state index contributed by atoms with van der Waals surface area (Å²) < 4.78 is 4.09. The summed E-state index contributed by atoms with van der Waals surface area (Å²) in [5.41, 5.74) is 15.7. The fraction of sp³-hybridized carbons (Fsp3) is 0.111. The van der Waals surface area contributed by atoms with Gasteiger partial charge in [0.15, 0.2) is 11.5 Å². The highest BCUT2D eigenvalue weighted by molar-refractivity contribution is 5.94. The highest BCUT2D eigenvalue weighted by atomic mass is 16.1. The third kappa shape index (κ3) is 5.20. The summed E-state index contributed by atoms with van der Waals surface area (Å²) in [6.45, 7) is 2.19. The Bertz CT molecular complexity index is 1540. The second kappa shape index (κ2) is 10.4. The molecule has 2 aromatic carbocycles. The first kappa shape index (κ1) is 23.3. The summed E-state index contributed by atoms with van der Waals surface area (Å²) in [6, 6.07) is 19.1. The number of fused-ring (bicyclic) bond motifs is 1. The van der Waals surface area contributed by atoms with Gasteiger partial charge in [-0.1, -0.05) is 49.1 Å². The Labute approximate surface area is 203 Å². The molecular weight excluding hydrogens is 438 g/mol. The van der Waals surface area contributed by atoms with E-state index in [0.29, 0.717) is 0 Å². The largest absolute Gasteiger partial charge is 0.382 e. The van der Waals surface area contributed by atoms with E-state index in [1.807, 2.05) is 19.3 Å². The van der Waals surface area contributed by atoms with E-state index < -0.39 is 5.91 Å². The Morgan fingerprint density at radius 1 is 1.03 bits per heavy atom. The summed E-state index contributed by atoms with van der Waals surface area (Å²) in [6.07, 6.45) is 7.44. The molecule has 0 atom stereocenters. The molecule has 0 radical (unpaired) electrons. The van der Waals surface area contributed by atoms with Gasteiger partial charge in [-0.3, -0.25) is 9.48 Å². The number of anilines is 1. The van der Waals surface area contributed by atoms with Gasteiger partial charge in [0.05, 0.1) is 17.3 Å². The number of nitrogen functional groups attached to an aromatic ring is 1. The Morgan fingerprint density at radius 3 is 2.43 bits per heavy atom. The highest BCUT2D eigenvalue weighted by Crippen LogP contribution is 2.27. The molecule has 8 heteroatoms. The molecule has 0 fully saturated rings. The van der Waals surface area contributed by atoms with E-state index in [1.165, 1.54) is 34.7 Å². The highest BCUT2D eigenvalue weighted by Gasteiger charge is 2.12. The molecule has 0 aliphatic heterocycles. The van der Waals surface area contributed by atoms with Gasteiger partial charge in [-0.2, -0.15) is 5.10 Å². The van der Waals surface area contributed by atoms with Crippen molar-refractivity contribution in [3.05, 3.63) is 102 Å². The zero-order valence-corrected chi connectivity index (χ0v) is 19.5. The summed E-state index contributed by atoms with van der Waals surface area (Å²) in [7, 11) is 1.90. The van der Waals surface area contributed by atoms with Crippen molar-refractivity contribution in [3.8, 4) is 17.5 Å². The van der Waals surface area contributed by atoms with Crippen molar-refractivity contribution in [1.29, 1.82) is 0 Å². The molecule has 0 saturated heterocycles. The molecule has 0 aliphatic rings. The quantitative estimate of drug-likeness (QED) is 0.397. The predicted molar refractivity (Wildman–Crippen MR) is 137 cm³/mol. The third-order valence-electron chi connectivity index (χ3n) is 5.28. The monoisotopic (exact) mass is 463 g/mol. The molecule has 0 saturated carbocycles. The van der Waals surface area contributed by atoms with Gasteiger partial charge in [-0.25, -0.2) is 9.97 Å². The molecule has 5 aromatic rings. The number of rotatable bonds is 3. The first-order chi connectivity index (χ1) is 17.0. The fourth-order valence-electron chi connectivity index (χ4n) is 3.71. The van der Waals surface area contributed by atoms with Crippen LogP contribution in [0.1, 0.15) is 34.2 Å². The van der Waals surface area contributed by atoms with Crippen molar-refractivity contribution in [2.75, 3.05) is 5.73 Å². The minimum atomic E-state index is -0.661. The Balaban J connectivity index is 0.000000243. The molecule has 0 spiro atoms. The maximum absolute atomic E-state index is 10.5. The van der Waals surface area contributed by atoms with Crippen molar-refractivity contribution in [1.82, 2.24) is 24.3 Å². The number of amides is 1. The van der Waals surface area contributed by atoms with Crippen LogP contribution in [-0.4, -0.2) is 30.2 Å². The maximum atomic E-state index is 10.5. The molecule has 35 heavy (non-hydrogen) atoms. The summed E-state index contributed by atoms with van der Waals surface area (Å²) in [5, 5.41) is 5.40. The number of carbonyl (C=O) groups excluding carboxylic acids is 1. The molecule has 1 amide bonds. The molecular formula is C27H25N7O. The predicted octanol–water partition coefficient (Wildman–Crippen LogP) is 3.48. The Hall–Kier alpha value is -4.90. The first-order valence-corrected chi connectivity index (χ1v) is 11.0. The number of nitrogens with zero attached hydrogens (tertiary/aromatic N) is 5. The molecule has 8 nitrogen and oxygen atoms in total. The van der Waals surface area contributed by atoms with E-state index in [9.17, 15) is 4.79 Å². The topological polar surface area (TPSA) is 118 Å². The van der Waals surface area contributed by atoms with Gasteiger partial charge < -0.3 is 16.0 Å². The van der Waals surface area contributed by atoms with Crippen molar-refractivity contribution in [2.24, 2.45) is 12.8 Å². The van der Waals surface area contributed by atoms with Crippen molar-refractivity contribution < 1.29 is 4.79 Å². The normalized spacial score (nSPS) is 10.2. The second-order valence-corrected chi connectivity index (χ2v) is 7.71. The van der Waals surface area contributed by atoms with Crippen molar-refractivity contribution >= 4 is 22.6 Å². The summed E-state index contributed by atoms with van der Waals surface area (Å²) in [4.78, 5) is 17.7. The van der Waals surface area contributed by atoms with E-state index in [1.54, 1.807) is 10.9 Å². The zero-order chi connectivity index (χ0) is 24.8. The molecule has 5 rings (SSSR count).